The molecule has 1 atom stereocenters. The second kappa shape index (κ2) is 4.76. The summed E-state index contributed by atoms with van der Waals surface area (Å²) in [5, 5.41) is 0. The van der Waals surface area contributed by atoms with Crippen molar-refractivity contribution in [1.29, 1.82) is 0 Å². The molecule has 18 heavy (non-hydrogen) atoms. The van der Waals surface area contributed by atoms with Crippen LogP contribution in [0.3, 0.4) is 0 Å². The summed E-state index contributed by atoms with van der Waals surface area (Å²) in [5.74, 6) is -0.403. The number of nitrogens with zero attached hydrogens (tertiary/aromatic N) is 1. The van der Waals surface area contributed by atoms with Crippen molar-refractivity contribution in [3.63, 3.8) is 0 Å². The van der Waals surface area contributed by atoms with E-state index in [4.69, 9.17) is 5.73 Å². The molecule has 1 aliphatic rings. The van der Waals surface area contributed by atoms with Gasteiger partial charge in [0.15, 0.2) is 0 Å². The lowest BCUT2D eigenvalue weighted by Crippen LogP contribution is -2.24. The molecular weight excluding hydrogens is 248 g/mol. The molecular formula is C12H14F4N2. The van der Waals surface area contributed by atoms with Gasteiger partial charge in [0.2, 0.25) is 0 Å². The van der Waals surface area contributed by atoms with Crippen LogP contribution in [-0.2, 0) is 6.18 Å². The standard InChI is InChI=1S/C12H14F4N2/c13-10-2-1-9(12(14,15)16)5-11(10)18-4-3-8(6-17)7-18/h1-2,5,8H,3-4,6-7,17H2. The molecule has 2 N–H and O–H groups in total. The van der Waals surface area contributed by atoms with Gasteiger partial charge in [-0.1, -0.05) is 0 Å². The average molecular weight is 262 g/mol. The lowest BCUT2D eigenvalue weighted by molar-refractivity contribution is -0.137. The molecule has 1 aromatic carbocycles. The third-order valence-corrected chi connectivity index (χ3v) is 3.23. The summed E-state index contributed by atoms with van der Waals surface area (Å²) in [6.07, 6.45) is -3.67. The zero-order valence-corrected chi connectivity index (χ0v) is 9.67. The zero-order valence-electron chi connectivity index (χ0n) is 9.67. The van der Waals surface area contributed by atoms with Crippen LogP contribution in [0.25, 0.3) is 0 Å². The molecule has 1 saturated heterocycles. The van der Waals surface area contributed by atoms with Crippen LogP contribution in [0.5, 0.6) is 0 Å². The monoisotopic (exact) mass is 262 g/mol. The van der Waals surface area contributed by atoms with Gasteiger partial charge in [-0.05, 0) is 37.1 Å². The van der Waals surface area contributed by atoms with Crippen molar-refractivity contribution in [2.75, 3.05) is 24.5 Å². The van der Waals surface area contributed by atoms with E-state index >= 15 is 0 Å². The Bertz CT molecular complexity index is 431. The first-order valence-corrected chi connectivity index (χ1v) is 5.73. The lowest BCUT2D eigenvalue weighted by Gasteiger charge is -2.20. The number of benzene rings is 1. The van der Waals surface area contributed by atoms with E-state index in [0.717, 1.165) is 24.6 Å². The van der Waals surface area contributed by atoms with Gasteiger partial charge in [-0.2, -0.15) is 13.2 Å². The number of hydrogen-bond acceptors (Lipinski definition) is 2. The minimum Gasteiger partial charge on any atom is -0.369 e. The van der Waals surface area contributed by atoms with Gasteiger partial charge < -0.3 is 10.6 Å². The molecule has 1 fully saturated rings. The van der Waals surface area contributed by atoms with E-state index in [1.165, 1.54) is 0 Å². The van der Waals surface area contributed by atoms with Crippen molar-refractivity contribution in [3.8, 4) is 0 Å². The Hall–Kier alpha value is -1.30. The van der Waals surface area contributed by atoms with Gasteiger partial charge in [0, 0.05) is 13.1 Å². The molecule has 0 spiro atoms. The first kappa shape index (κ1) is 13.1. The molecule has 6 heteroatoms. The Labute approximate surface area is 102 Å². The summed E-state index contributed by atoms with van der Waals surface area (Å²) >= 11 is 0. The van der Waals surface area contributed by atoms with Crippen molar-refractivity contribution in [3.05, 3.63) is 29.6 Å². The van der Waals surface area contributed by atoms with Crippen LogP contribution in [0.4, 0.5) is 23.2 Å². The number of halogens is 4. The second-order valence-electron chi connectivity index (χ2n) is 4.50. The van der Waals surface area contributed by atoms with Crippen LogP contribution in [0, 0.1) is 11.7 Å². The maximum Gasteiger partial charge on any atom is 0.416 e. The summed E-state index contributed by atoms with van der Waals surface area (Å²) in [5.41, 5.74) is 4.70. The van der Waals surface area contributed by atoms with Crippen molar-refractivity contribution in [1.82, 2.24) is 0 Å². The molecule has 1 unspecified atom stereocenters. The van der Waals surface area contributed by atoms with Gasteiger partial charge in [0.05, 0.1) is 11.3 Å². The lowest BCUT2D eigenvalue weighted by atomic mass is 10.1. The molecule has 2 nitrogen and oxygen atoms in total. The SMILES string of the molecule is NCC1CCN(c2cc(C(F)(F)F)ccc2F)C1. The normalized spacial score (nSPS) is 20.5. The number of rotatable bonds is 2. The minimum absolute atomic E-state index is 0.0146. The summed E-state index contributed by atoms with van der Waals surface area (Å²) in [6, 6.07) is 2.50. The highest BCUT2D eigenvalue weighted by molar-refractivity contribution is 5.51. The second-order valence-corrected chi connectivity index (χ2v) is 4.50. The maximum atomic E-state index is 13.6. The van der Waals surface area contributed by atoms with E-state index in [0.29, 0.717) is 19.6 Å². The van der Waals surface area contributed by atoms with Gasteiger partial charge in [-0.15, -0.1) is 0 Å². The van der Waals surface area contributed by atoms with Crippen LogP contribution >= 0.6 is 0 Å². The first-order chi connectivity index (χ1) is 8.41. The predicted octanol–water partition coefficient (Wildman–Crippen LogP) is 2.63. The van der Waals surface area contributed by atoms with Gasteiger partial charge in [0.25, 0.3) is 0 Å². The third-order valence-electron chi connectivity index (χ3n) is 3.23. The van der Waals surface area contributed by atoms with Gasteiger partial charge in [-0.25, -0.2) is 4.39 Å². The molecule has 0 saturated carbocycles. The molecule has 0 aromatic heterocycles. The zero-order chi connectivity index (χ0) is 13.3. The highest BCUT2D eigenvalue weighted by Gasteiger charge is 2.32. The van der Waals surface area contributed by atoms with Crippen LogP contribution < -0.4 is 10.6 Å². The summed E-state index contributed by atoms with van der Waals surface area (Å²) in [6.45, 7) is 1.52. The summed E-state index contributed by atoms with van der Waals surface area (Å²) in [4.78, 5) is 1.63. The van der Waals surface area contributed by atoms with Crippen molar-refractivity contribution in [2.45, 2.75) is 12.6 Å². The summed E-state index contributed by atoms with van der Waals surface area (Å²) in [7, 11) is 0. The molecule has 1 aromatic rings. The minimum atomic E-state index is -4.45. The Kier molecular flexibility index (Phi) is 3.47. The quantitative estimate of drug-likeness (QED) is 0.830. The van der Waals surface area contributed by atoms with E-state index in [1.807, 2.05) is 0 Å². The molecule has 100 valence electrons. The Morgan fingerprint density at radius 2 is 2.06 bits per heavy atom. The molecule has 0 aliphatic carbocycles. The average Bonchev–Trinajstić information content (AvgIpc) is 2.76. The topological polar surface area (TPSA) is 29.3 Å². The van der Waals surface area contributed by atoms with Crippen LogP contribution in [0.1, 0.15) is 12.0 Å². The van der Waals surface area contributed by atoms with Gasteiger partial charge in [-0.3, -0.25) is 0 Å². The maximum absolute atomic E-state index is 13.6. The fourth-order valence-corrected chi connectivity index (χ4v) is 2.18. The van der Waals surface area contributed by atoms with E-state index in [9.17, 15) is 17.6 Å². The fourth-order valence-electron chi connectivity index (χ4n) is 2.18. The van der Waals surface area contributed by atoms with Crippen LogP contribution in [0.2, 0.25) is 0 Å². The van der Waals surface area contributed by atoms with E-state index in [1.54, 1.807) is 4.90 Å². The third kappa shape index (κ3) is 2.58. The number of nitrogens with two attached hydrogens (primary N) is 1. The van der Waals surface area contributed by atoms with E-state index < -0.39 is 17.6 Å². The Morgan fingerprint density at radius 1 is 1.33 bits per heavy atom. The van der Waals surface area contributed by atoms with Gasteiger partial charge in [0.1, 0.15) is 5.82 Å². The van der Waals surface area contributed by atoms with Crippen LogP contribution in [0.15, 0.2) is 18.2 Å². The molecule has 0 amide bonds. The Balaban J connectivity index is 2.27. The number of hydrogen-bond donors (Lipinski definition) is 1. The van der Waals surface area contributed by atoms with E-state index in [2.05, 4.69) is 0 Å². The molecule has 2 rings (SSSR count). The van der Waals surface area contributed by atoms with Gasteiger partial charge >= 0.3 is 6.18 Å². The molecule has 0 bridgehead atoms. The number of alkyl halides is 3. The molecule has 1 aliphatic heterocycles. The highest BCUT2D eigenvalue weighted by Crippen LogP contribution is 2.34. The predicted molar refractivity (Wildman–Crippen MR) is 60.8 cm³/mol. The van der Waals surface area contributed by atoms with Crippen molar-refractivity contribution < 1.29 is 17.6 Å². The fraction of sp³-hybridized carbons (Fsp3) is 0.500. The van der Waals surface area contributed by atoms with E-state index in [-0.39, 0.29) is 11.6 Å². The number of anilines is 1. The highest BCUT2D eigenvalue weighted by atomic mass is 19.4. The Morgan fingerprint density at radius 3 is 2.61 bits per heavy atom. The van der Waals surface area contributed by atoms with Crippen LogP contribution in [-0.4, -0.2) is 19.6 Å². The van der Waals surface area contributed by atoms with Crippen molar-refractivity contribution in [2.24, 2.45) is 11.7 Å². The smallest absolute Gasteiger partial charge is 0.369 e. The first-order valence-electron chi connectivity index (χ1n) is 5.73. The van der Waals surface area contributed by atoms with Crippen molar-refractivity contribution >= 4 is 5.69 Å². The summed E-state index contributed by atoms with van der Waals surface area (Å²) < 4.78 is 51.3. The largest absolute Gasteiger partial charge is 0.416 e. The molecule has 1 heterocycles. The molecule has 0 radical (unpaired) electrons.